The lowest BCUT2D eigenvalue weighted by atomic mass is 9.97. The van der Waals surface area contributed by atoms with Crippen LogP contribution in [-0.4, -0.2) is 30.7 Å². The highest BCUT2D eigenvalue weighted by Gasteiger charge is 2.43. The summed E-state index contributed by atoms with van der Waals surface area (Å²) in [7, 11) is 0. The Hall–Kier alpha value is -2.38. The molecule has 0 atom stereocenters. The van der Waals surface area contributed by atoms with Crippen molar-refractivity contribution in [2.75, 3.05) is 6.79 Å². The summed E-state index contributed by atoms with van der Waals surface area (Å²) >= 11 is 0. The molecule has 0 bridgehead atoms. The molecule has 0 spiro atoms. The van der Waals surface area contributed by atoms with Crippen molar-refractivity contribution >= 4 is 17.7 Å². The molecule has 5 nitrogen and oxygen atoms in total. The number of benzene rings is 1. The van der Waals surface area contributed by atoms with Gasteiger partial charge in [-0.25, -0.2) is 0 Å². The summed E-state index contributed by atoms with van der Waals surface area (Å²) < 4.78 is 48.1. The van der Waals surface area contributed by atoms with Crippen LogP contribution in [0.15, 0.2) is 22.3 Å². The number of carbonyl (C=O) groups excluding carboxylic acids is 1. The minimum atomic E-state index is -5.01. The van der Waals surface area contributed by atoms with Crippen LogP contribution in [0.4, 0.5) is 13.2 Å². The molecule has 104 valence electrons. The van der Waals surface area contributed by atoms with Gasteiger partial charge in [0.05, 0.1) is 0 Å². The number of carbonyl (C=O) groups is 1. The van der Waals surface area contributed by atoms with Crippen LogP contribution in [0.25, 0.3) is 0 Å². The zero-order valence-electron chi connectivity index (χ0n) is 9.90. The molecule has 0 amide bonds. The van der Waals surface area contributed by atoms with Gasteiger partial charge >= 0.3 is 6.18 Å². The third-order valence-corrected chi connectivity index (χ3v) is 2.88. The lowest BCUT2D eigenvalue weighted by Crippen LogP contribution is -2.31. The fraction of sp³-hybridized carbons (Fsp3) is 0.250. The first-order chi connectivity index (χ1) is 9.47. The van der Waals surface area contributed by atoms with Crippen LogP contribution in [0.5, 0.6) is 11.5 Å². The van der Waals surface area contributed by atoms with E-state index >= 15 is 0 Å². The average molecular weight is 284 g/mol. The highest BCUT2D eigenvalue weighted by Crippen LogP contribution is 2.36. The molecule has 3 rings (SSSR count). The molecule has 1 aromatic carbocycles. The molecule has 8 heteroatoms. The average Bonchev–Trinajstić information content (AvgIpc) is 2.73. The second kappa shape index (κ2) is 4.32. The monoisotopic (exact) mass is 284 g/mol. The molecule has 20 heavy (non-hydrogen) atoms. The SMILES string of the molecule is O=C(C1=NN=CCc2cc3c(cc21)OCO3)C(F)(F)F. The predicted octanol–water partition coefficient (Wildman–Crippen LogP) is 1.88. The summed E-state index contributed by atoms with van der Waals surface area (Å²) in [5.74, 6) is -1.32. The van der Waals surface area contributed by atoms with Crippen LogP contribution in [-0.2, 0) is 11.2 Å². The summed E-state index contributed by atoms with van der Waals surface area (Å²) in [5.41, 5.74) is -0.194. The molecule has 2 heterocycles. The van der Waals surface area contributed by atoms with Gasteiger partial charge in [-0.1, -0.05) is 0 Å². The summed E-state index contributed by atoms with van der Waals surface area (Å²) in [5, 5.41) is 6.84. The van der Waals surface area contributed by atoms with E-state index in [1.807, 2.05) is 0 Å². The molecule has 0 fully saturated rings. The molecular weight excluding hydrogens is 277 g/mol. The van der Waals surface area contributed by atoms with Crippen LogP contribution >= 0.6 is 0 Å². The first-order valence-electron chi connectivity index (χ1n) is 5.60. The topological polar surface area (TPSA) is 60.2 Å². The maximum absolute atomic E-state index is 12.6. The van der Waals surface area contributed by atoms with E-state index in [4.69, 9.17) is 9.47 Å². The van der Waals surface area contributed by atoms with Gasteiger partial charge < -0.3 is 9.47 Å². The number of nitrogens with zero attached hydrogens (tertiary/aromatic N) is 2. The smallest absolute Gasteiger partial charge is 0.454 e. The number of halogens is 3. The molecule has 2 aliphatic heterocycles. The standard InChI is InChI=1S/C12H7F3N2O3/c13-12(14,15)11(18)10-7-4-9-8(19-5-20-9)3-6(7)1-2-16-17-10/h2-4H,1,5H2. The summed E-state index contributed by atoms with van der Waals surface area (Å²) in [4.78, 5) is 11.4. The third-order valence-electron chi connectivity index (χ3n) is 2.88. The van der Waals surface area contributed by atoms with E-state index in [1.165, 1.54) is 18.3 Å². The minimum Gasteiger partial charge on any atom is -0.454 e. The van der Waals surface area contributed by atoms with Crippen LogP contribution in [0.1, 0.15) is 11.1 Å². The molecule has 0 saturated carbocycles. The Kier molecular flexibility index (Phi) is 2.73. The Morgan fingerprint density at radius 2 is 1.90 bits per heavy atom. The van der Waals surface area contributed by atoms with E-state index in [0.717, 1.165) is 0 Å². The molecule has 0 unspecified atom stereocenters. The highest BCUT2D eigenvalue weighted by molar-refractivity contribution is 6.48. The number of ether oxygens (including phenoxy) is 2. The number of hydrogen-bond acceptors (Lipinski definition) is 5. The molecule has 0 N–H and O–H groups in total. The molecule has 0 aliphatic carbocycles. The van der Waals surface area contributed by atoms with Crippen molar-refractivity contribution in [1.29, 1.82) is 0 Å². The van der Waals surface area contributed by atoms with Crippen LogP contribution < -0.4 is 9.47 Å². The van der Waals surface area contributed by atoms with Gasteiger partial charge in [-0.3, -0.25) is 4.79 Å². The van der Waals surface area contributed by atoms with Gasteiger partial charge in [0.2, 0.25) is 6.79 Å². The van der Waals surface area contributed by atoms with Crippen molar-refractivity contribution < 1.29 is 27.4 Å². The van der Waals surface area contributed by atoms with E-state index in [1.54, 1.807) is 0 Å². The number of Topliss-reactive ketones (excluding diaryl/α,β-unsaturated/α-hetero) is 1. The molecule has 0 aromatic heterocycles. The number of hydrogen-bond donors (Lipinski definition) is 0. The molecule has 2 aliphatic rings. The van der Waals surface area contributed by atoms with Gasteiger partial charge in [0.25, 0.3) is 5.78 Å². The normalized spacial score (nSPS) is 16.4. The zero-order chi connectivity index (χ0) is 14.3. The zero-order valence-corrected chi connectivity index (χ0v) is 9.90. The lowest BCUT2D eigenvalue weighted by molar-refractivity contribution is -0.163. The van der Waals surface area contributed by atoms with Gasteiger partial charge in [-0.2, -0.15) is 18.3 Å². The van der Waals surface area contributed by atoms with Gasteiger partial charge in [-0.15, -0.1) is 5.10 Å². The quantitative estimate of drug-likeness (QED) is 0.791. The van der Waals surface area contributed by atoms with E-state index in [2.05, 4.69) is 10.2 Å². The fourth-order valence-corrected chi connectivity index (χ4v) is 1.97. The number of rotatable bonds is 1. The first-order valence-corrected chi connectivity index (χ1v) is 5.60. The Balaban J connectivity index is 2.13. The van der Waals surface area contributed by atoms with Crippen molar-refractivity contribution in [3.05, 3.63) is 23.3 Å². The predicted molar refractivity (Wildman–Crippen MR) is 62.4 cm³/mol. The minimum absolute atomic E-state index is 0.00793. The van der Waals surface area contributed by atoms with Gasteiger partial charge in [0, 0.05) is 18.2 Å². The number of ketones is 1. The second-order valence-electron chi connectivity index (χ2n) is 4.14. The molecular formula is C12H7F3N2O3. The Morgan fingerprint density at radius 3 is 2.60 bits per heavy atom. The Bertz CT molecular complexity index is 650. The fourth-order valence-electron chi connectivity index (χ4n) is 1.97. The summed E-state index contributed by atoms with van der Waals surface area (Å²) in [6.07, 6.45) is -3.42. The van der Waals surface area contributed by atoms with Gasteiger partial charge in [0.1, 0.15) is 5.71 Å². The van der Waals surface area contributed by atoms with Crippen LogP contribution in [0, 0.1) is 0 Å². The summed E-state index contributed by atoms with van der Waals surface area (Å²) in [6.45, 7) is -0.00793. The maximum atomic E-state index is 12.6. The number of alkyl halides is 3. The van der Waals surface area contributed by atoms with E-state index in [9.17, 15) is 18.0 Å². The Labute approximate surface area is 110 Å². The van der Waals surface area contributed by atoms with Crippen molar-refractivity contribution in [3.8, 4) is 11.5 Å². The Morgan fingerprint density at radius 1 is 1.20 bits per heavy atom. The number of fused-ring (bicyclic) bond motifs is 2. The third kappa shape index (κ3) is 2.02. The highest BCUT2D eigenvalue weighted by atomic mass is 19.4. The second-order valence-corrected chi connectivity index (χ2v) is 4.14. The van der Waals surface area contributed by atoms with Gasteiger partial charge in [-0.05, 0) is 17.7 Å². The van der Waals surface area contributed by atoms with Crippen molar-refractivity contribution in [2.45, 2.75) is 12.6 Å². The van der Waals surface area contributed by atoms with Gasteiger partial charge in [0.15, 0.2) is 11.5 Å². The molecule has 0 saturated heterocycles. The van der Waals surface area contributed by atoms with Crippen molar-refractivity contribution in [2.24, 2.45) is 10.2 Å². The van der Waals surface area contributed by atoms with E-state index in [0.29, 0.717) is 11.3 Å². The molecule has 0 radical (unpaired) electrons. The van der Waals surface area contributed by atoms with E-state index < -0.39 is 17.7 Å². The largest absolute Gasteiger partial charge is 0.456 e. The van der Waals surface area contributed by atoms with E-state index in [-0.39, 0.29) is 24.5 Å². The first kappa shape index (κ1) is 12.6. The van der Waals surface area contributed by atoms with Crippen LogP contribution in [0.3, 0.4) is 0 Å². The maximum Gasteiger partial charge on any atom is 0.456 e. The lowest BCUT2D eigenvalue weighted by Gasteiger charge is -2.10. The van der Waals surface area contributed by atoms with Crippen molar-refractivity contribution in [1.82, 2.24) is 0 Å². The van der Waals surface area contributed by atoms with Crippen molar-refractivity contribution in [3.63, 3.8) is 0 Å². The molecule has 1 aromatic rings. The van der Waals surface area contributed by atoms with Crippen LogP contribution in [0.2, 0.25) is 0 Å². The summed E-state index contributed by atoms with van der Waals surface area (Å²) in [6, 6.07) is 2.86.